The number of ether oxygens (including phenoxy) is 1. The van der Waals surface area contributed by atoms with Crippen LogP contribution in [0.3, 0.4) is 0 Å². The van der Waals surface area contributed by atoms with Crippen LogP contribution in [0.4, 0.5) is 0 Å². The summed E-state index contributed by atoms with van der Waals surface area (Å²) in [7, 11) is 0. The van der Waals surface area contributed by atoms with Crippen molar-refractivity contribution in [2.75, 3.05) is 6.61 Å². The van der Waals surface area contributed by atoms with Crippen LogP contribution in [0.25, 0.3) is 0 Å². The van der Waals surface area contributed by atoms with Crippen LogP contribution >= 0.6 is 0 Å². The summed E-state index contributed by atoms with van der Waals surface area (Å²) in [6.07, 6.45) is 21.9. The molecular formula is C25H50OSn. The van der Waals surface area contributed by atoms with Crippen LogP contribution in [0.5, 0.6) is 0 Å². The van der Waals surface area contributed by atoms with Crippen LogP contribution in [-0.4, -0.2) is 25.0 Å². The van der Waals surface area contributed by atoms with Crippen LogP contribution in [0.2, 0.25) is 13.3 Å². The van der Waals surface area contributed by atoms with Gasteiger partial charge in [0, 0.05) is 0 Å². The van der Waals surface area contributed by atoms with E-state index >= 15 is 0 Å². The van der Waals surface area contributed by atoms with Gasteiger partial charge in [-0.3, -0.25) is 0 Å². The second-order valence-electron chi connectivity index (χ2n) is 9.18. The summed E-state index contributed by atoms with van der Waals surface area (Å²) in [5, 5.41) is 0. The Morgan fingerprint density at radius 1 is 0.778 bits per heavy atom. The van der Waals surface area contributed by atoms with Crippen molar-refractivity contribution >= 4 is 18.4 Å². The minimum absolute atomic E-state index is 0.828. The average Bonchev–Trinajstić information content (AvgIpc) is 2.71. The fraction of sp³-hybridized carbons (Fsp3) is 0.920. The van der Waals surface area contributed by atoms with Gasteiger partial charge in [0.25, 0.3) is 0 Å². The molecular weight excluding hydrogens is 435 g/mol. The Morgan fingerprint density at radius 3 is 1.78 bits per heavy atom. The van der Waals surface area contributed by atoms with Crippen molar-refractivity contribution in [1.29, 1.82) is 0 Å². The molecule has 0 radical (unpaired) electrons. The molecule has 0 spiro atoms. The van der Waals surface area contributed by atoms with Crippen LogP contribution in [-0.2, 0) is 4.74 Å². The molecule has 1 rings (SSSR count). The van der Waals surface area contributed by atoms with Gasteiger partial charge in [-0.25, -0.2) is 0 Å². The van der Waals surface area contributed by atoms with E-state index in [2.05, 4.69) is 34.0 Å². The second kappa shape index (κ2) is 16.2. The molecule has 1 fully saturated rings. The van der Waals surface area contributed by atoms with E-state index in [0.29, 0.717) is 0 Å². The van der Waals surface area contributed by atoms with Crippen molar-refractivity contribution < 1.29 is 4.74 Å². The molecule has 27 heavy (non-hydrogen) atoms. The Kier molecular flexibility index (Phi) is 15.2. The SMILES string of the molecule is CCCC/[C](=C\OCC1CCCCC1)[Sn]([CH2]CCC)([CH2]CCC)[CH2]CCC. The number of unbranched alkanes of at least 4 members (excludes halogenated alkanes) is 4. The molecule has 0 aromatic rings. The monoisotopic (exact) mass is 486 g/mol. The van der Waals surface area contributed by atoms with Crippen molar-refractivity contribution in [3.63, 3.8) is 0 Å². The zero-order valence-corrected chi connectivity index (χ0v) is 22.1. The number of hydrogen-bond donors (Lipinski definition) is 0. The number of hydrogen-bond acceptors (Lipinski definition) is 1. The fourth-order valence-electron chi connectivity index (χ4n) is 4.86. The molecule has 0 bridgehead atoms. The molecule has 1 aliphatic rings. The summed E-state index contributed by atoms with van der Waals surface area (Å²) >= 11 is -2.29. The summed E-state index contributed by atoms with van der Waals surface area (Å²) in [6.45, 7) is 10.5. The van der Waals surface area contributed by atoms with Gasteiger partial charge >= 0.3 is 176 Å². The third-order valence-electron chi connectivity index (χ3n) is 6.79. The maximum atomic E-state index is 6.37. The molecule has 0 amide bonds. The van der Waals surface area contributed by atoms with Gasteiger partial charge in [-0.2, -0.15) is 0 Å². The summed E-state index contributed by atoms with van der Waals surface area (Å²) < 4.78 is 13.0. The van der Waals surface area contributed by atoms with Crippen molar-refractivity contribution in [3.05, 3.63) is 9.85 Å². The fourth-order valence-corrected chi connectivity index (χ4v) is 21.5. The van der Waals surface area contributed by atoms with Crippen molar-refractivity contribution in [3.8, 4) is 0 Å². The maximum absolute atomic E-state index is 6.37. The van der Waals surface area contributed by atoms with E-state index in [0.717, 1.165) is 12.5 Å². The van der Waals surface area contributed by atoms with Crippen molar-refractivity contribution in [2.24, 2.45) is 5.92 Å². The van der Waals surface area contributed by atoms with Gasteiger partial charge in [0.05, 0.1) is 0 Å². The molecule has 0 atom stereocenters. The molecule has 1 saturated carbocycles. The summed E-state index contributed by atoms with van der Waals surface area (Å²) in [5.74, 6) is 0.828. The Labute approximate surface area is 176 Å². The third-order valence-corrected chi connectivity index (χ3v) is 23.0. The molecule has 1 aliphatic carbocycles. The minimum atomic E-state index is -2.29. The summed E-state index contributed by atoms with van der Waals surface area (Å²) in [6, 6.07) is 0. The topological polar surface area (TPSA) is 9.23 Å². The van der Waals surface area contributed by atoms with Crippen molar-refractivity contribution in [2.45, 2.75) is 131 Å². The van der Waals surface area contributed by atoms with Gasteiger partial charge in [-0.05, 0) is 0 Å². The first-order chi connectivity index (χ1) is 13.2. The van der Waals surface area contributed by atoms with Gasteiger partial charge in [0.2, 0.25) is 0 Å². The quantitative estimate of drug-likeness (QED) is 0.157. The predicted octanol–water partition coefficient (Wildman–Crippen LogP) is 9.05. The standard InChI is InChI=1S/C13H23O.3C4H9.Sn/c1-2-3-4-8-11-14-12-13-9-6-5-7-10-13;3*1-3-4-2;/h11,13H,2-7,9-10,12H2,1H3;3*1,3-4H2,2H3;. The van der Waals surface area contributed by atoms with E-state index in [-0.39, 0.29) is 0 Å². The molecule has 2 heteroatoms. The first-order valence-electron chi connectivity index (χ1n) is 12.5. The summed E-state index contributed by atoms with van der Waals surface area (Å²) in [4.78, 5) is 0. The van der Waals surface area contributed by atoms with Gasteiger partial charge in [0.15, 0.2) is 0 Å². The van der Waals surface area contributed by atoms with E-state index in [9.17, 15) is 0 Å². The van der Waals surface area contributed by atoms with E-state index in [1.54, 1.807) is 13.3 Å². The first kappa shape index (κ1) is 25.4. The zero-order valence-electron chi connectivity index (χ0n) is 19.3. The molecule has 0 saturated heterocycles. The molecule has 0 aliphatic heterocycles. The van der Waals surface area contributed by atoms with Crippen molar-refractivity contribution in [1.82, 2.24) is 0 Å². The molecule has 0 aromatic heterocycles. The molecule has 0 unspecified atom stereocenters. The molecule has 0 heterocycles. The molecule has 160 valence electrons. The predicted molar refractivity (Wildman–Crippen MR) is 125 cm³/mol. The Hall–Kier alpha value is 0.339. The molecule has 0 N–H and O–H groups in total. The first-order valence-corrected chi connectivity index (χ1v) is 20.0. The molecule has 1 nitrogen and oxygen atoms in total. The Morgan fingerprint density at radius 2 is 1.30 bits per heavy atom. The van der Waals surface area contributed by atoms with E-state index in [1.165, 1.54) is 89.9 Å². The van der Waals surface area contributed by atoms with Gasteiger partial charge in [-0.1, -0.05) is 0 Å². The third kappa shape index (κ3) is 10.1. The van der Waals surface area contributed by atoms with E-state index < -0.39 is 18.4 Å². The second-order valence-corrected chi connectivity index (χ2v) is 22.6. The average molecular weight is 485 g/mol. The van der Waals surface area contributed by atoms with Crippen LogP contribution in [0.1, 0.15) is 118 Å². The Balaban J connectivity index is 2.91. The van der Waals surface area contributed by atoms with Gasteiger partial charge < -0.3 is 0 Å². The van der Waals surface area contributed by atoms with E-state index in [1.807, 2.05) is 3.59 Å². The van der Waals surface area contributed by atoms with Gasteiger partial charge in [-0.15, -0.1) is 0 Å². The van der Waals surface area contributed by atoms with Gasteiger partial charge in [0.1, 0.15) is 0 Å². The van der Waals surface area contributed by atoms with Crippen LogP contribution in [0.15, 0.2) is 9.85 Å². The molecule has 0 aromatic carbocycles. The Bertz CT molecular complexity index is 349. The normalized spacial score (nSPS) is 16.7. The van der Waals surface area contributed by atoms with Crippen LogP contribution in [0, 0.1) is 5.92 Å². The number of allylic oxidation sites excluding steroid dienone is 1. The van der Waals surface area contributed by atoms with E-state index in [4.69, 9.17) is 4.74 Å². The zero-order chi connectivity index (χ0) is 19.8. The number of rotatable bonds is 16. The summed E-state index contributed by atoms with van der Waals surface area (Å²) in [5.41, 5.74) is 0. The van der Waals surface area contributed by atoms with Crippen LogP contribution < -0.4 is 0 Å².